The van der Waals surface area contributed by atoms with Crippen molar-refractivity contribution in [2.75, 3.05) is 20.3 Å². The van der Waals surface area contributed by atoms with E-state index in [1.165, 1.54) is 19.2 Å². The van der Waals surface area contributed by atoms with E-state index < -0.39 is 30.1 Å². The third-order valence-electron chi connectivity index (χ3n) is 3.06. The third-order valence-corrected chi connectivity index (χ3v) is 3.06. The maximum atomic E-state index is 12.9. The maximum Gasteiger partial charge on any atom is 0.287 e. The van der Waals surface area contributed by atoms with Crippen LogP contribution in [0.1, 0.15) is 40.6 Å². The van der Waals surface area contributed by atoms with Gasteiger partial charge in [0.2, 0.25) is 0 Å². The molecule has 0 saturated heterocycles. The van der Waals surface area contributed by atoms with Gasteiger partial charge in [-0.15, -0.1) is 0 Å². The van der Waals surface area contributed by atoms with Crippen molar-refractivity contribution in [2.24, 2.45) is 0 Å². The maximum absolute atomic E-state index is 12.9. The number of aromatic nitrogens is 2. The average Bonchev–Trinajstić information content (AvgIpc) is 3.15. The molecule has 0 fully saturated rings. The fraction of sp³-hybridized carbons (Fsp3) is 0.429. The zero-order chi connectivity index (χ0) is 17.7. The predicted octanol–water partition coefficient (Wildman–Crippen LogP) is 2.78. The number of nitrogens with one attached hydrogen (secondary N) is 1. The van der Waals surface area contributed by atoms with E-state index in [4.69, 9.17) is 9.15 Å². The summed E-state index contributed by atoms with van der Waals surface area (Å²) in [6.45, 7) is 0.302. The van der Waals surface area contributed by atoms with Crippen LogP contribution >= 0.6 is 0 Å². The second kappa shape index (κ2) is 7.95. The molecule has 0 aliphatic carbocycles. The molecule has 24 heavy (non-hydrogen) atoms. The first-order chi connectivity index (χ1) is 11.4. The van der Waals surface area contributed by atoms with E-state index in [-0.39, 0.29) is 24.6 Å². The van der Waals surface area contributed by atoms with Crippen molar-refractivity contribution in [1.82, 2.24) is 15.1 Å². The minimum absolute atomic E-state index is 0.0269. The Morgan fingerprint density at radius 3 is 2.71 bits per heavy atom. The lowest BCUT2D eigenvalue weighted by Gasteiger charge is -2.04. The number of hydrogen-bond acceptors (Lipinski definition) is 4. The van der Waals surface area contributed by atoms with Gasteiger partial charge in [-0.25, -0.2) is 17.6 Å². The van der Waals surface area contributed by atoms with Crippen molar-refractivity contribution in [3.05, 3.63) is 41.1 Å². The van der Waals surface area contributed by atoms with Gasteiger partial charge >= 0.3 is 0 Å². The Kier molecular flexibility index (Phi) is 5.96. The Morgan fingerprint density at radius 2 is 2.08 bits per heavy atom. The molecule has 0 spiro atoms. The van der Waals surface area contributed by atoms with E-state index in [0.717, 1.165) is 4.68 Å². The first-order valence-corrected chi connectivity index (χ1v) is 6.92. The topological polar surface area (TPSA) is 69.3 Å². The summed E-state index contributed by atoms with van der Waals surface area (Å²) >= 11 is 0. The summed E-state index contributed by atoms with van der Waals surface area (Å²) in [5, 5.41) is 5.98. The molecule has 0 aromatic carbocycles. The van der Waals surface area contributed by atoms with Gasteiger partial charge in [-0.1, -0.05) is 0 Å². The highest BCUT2D eigenvalue weighted by Gasteiger charge is 2.22. The summed E-state index contributed by atoms with van der Waals surface area (Å²) in [4.78, 5) is 11.8. The van der Waals surface area contributed by atoms with Gasteiger partial charge in [0.25, 0.3) is 18.8 Å². The number of ether oxygens (including phenoxy) is 1. The molecular weight excluding hydrogens is 334 g/mol. The number of amides is 1. The number of hydrogen-bond donors (Lipinski definition) is 1. The van der Waals surface area contributed by atoms with Gasteiger partial charge in [0.1, 0.15) is 17.1 Å². The van der Waals surface area contributed by atoms with E-state index in [0.29, 0.717) is 12.7 Å². The monoisotopic (exact) mass is 349 g/mol. The summed E-state index contributed by atoms with van der Waals surface area (Å²) in [5.74, 6) is -0.389. The molecule has 0 aliphatic heterocycles. The van der Waals surface area contributed by atoms with Crippen LogP contribution < -0.4 is 5.32 Å². The number of halogens is 4. The number of furan rings is 1. The number of rotatable bonds is 8. The van der Waals surface area contributed by atoms with Crippen molar-refractivity contribution in [3.8, 4) is 0 Å². The summed E-state index contributed by atoms with van der Waals surface area (Å²) in [6.07, 6.45) is -5.92. The van der Waals surface area contributed by atoms with Gasteiger partial charge in [-0.2, -0.15) is 5.10 Å². The molecule has 2 rings (SSSR count). The third kappa shape index (κ3) is 4.34. The van der Waals surface area contributed by atoms with E-state index in [1.54, 1.807) is 0 Å². The van der Waals surface area contributed by atoms with E-state index >= 15 is 0 Å². The van der Waals surface area contributed by atoms with Crippen LogP contribution in [0, 0.1) is 0 Å². The lowest BCUT2D eigenvalue weighted by atomic mass is 10.3. The number of alkyl halides is 4. The molecule has 0 unspecified atom stereocenters. The van der Waals surface area contributed by atoms with Crippen molar-refractivity contribution in [1.29, 1.82) is 0 Å². The highest BCUT2D eigenvalue weighted by atomic mass is 19.3. The normalized spacial score (nSPS) is 11.5. The van der Waals surface area contributed by atoms with Gasteiger partial charge in [0.05, 0.1) is 13.2 Å². The summed E-state index contributed by atoms with van der Waals surface area (Å²) < 4.78 is 61.8. The fourth-order valence-electron chi connectivity index (χ4n) is 1.95. The van der Waals surface area contributed by atoms with E-state index in [1.807, 2.05) is 0 Å². The molecule has 2 heterocycles. The Balaban J connectivity index is 2.10. The molecule has 0 saturated carbocycles. The standard InChI is InChI=1S/C14H15F4N3O3/c1-23-5-4-19-14(22)11-3-2-8(24-11)7-21-10(13(17)18)6-9(20-21)12(15)16/h2-3,6,12-13H,4-5,7H2,1H3,(H,19,22). The average molecular weight is 349 g/mol. The fourth-order valence-corrected chi connectivity index (χ4v) is 1.95. The van der Waals surface area contributed by atoms with E-state index in [9.17, 15) is 22.4 Å². The molecule has 0 atom stereocenters. The lowest BCUT2D eigenvalue weighted by Crippen LogP contribution is -2.26. The van der Waals surface area contributed by atoms with Crippen LogP contribution in [0.15, 0.2) is 22.6 Å². The molecular formula is C14H15F4N3O3. The number of nitrogens with zero attached hydrogens (tertiary/aromatic N) is 2. The minimum atomic E-state index is -2.96. The van der Waals surface area contributed by atoms with Crippen LogP contribution in [0.2, 0.25) is 0 Å². The zero-order valence-corrected chi connectivity index (χ0v) is 12.6. The highest BCUT2D eigenvalue weighted by Crippen LogP contribution is 2.25. The number of carbonyl (C=O) groups is 1. The second-order valence-electron chi connectivity index (χ2n) is 4.77. The lowest BCUT2D eigenvalue weighted by molar-refractivity contribution is 0.0907. The van der Waals surface area contributed by atoms with Gasteiger partial charge in [0.15, 0.2) is 5.76 Å². The minimum Gasteiger partial charge on any atom is -0.454 e. The van der Waals surface area contributed by atoms with Crippen LogP contribution in [0.3, 0.4) is 0 Å². The SMILES string of the molecule is COCCNC(=O)c1ccc(Cn2nc(C(F)F)cc2C(F)F)o1. The predicted molar refractivity (Wildman–Crippen MR) is 74.2 cm³/mol. The van der Waals surface area contributed by atoms with Gasteiger partial charge in [0, 0.05) is 13.7 Å². The van der Waals surface area contributed by atoms with Crippen molar-refractivity contribution < 1.29 is 31.5 Å². The Morgan fingerprint density at radius 1 is 1.33 bits per heavy atom. The Labute approximate surface area is 134 Å². The Hall–Kier alpha value is -2.36. The van der Waals surface area contributed by atoms with Crippen molar-refractivity contribution in [3.63, 3.8) is 0 Å². The molecule has 0 radical (unpaired) electrons. The van der Waals surface area contributed by atoms with E-state index in [2.05, 4.69) is 10.4 Å². The van der Waals surface area contributed by atoms with Gasteiger partial charge in [-0.05, 0) is 18.2 Å². The summed E-state index contributed by atoms with van der Waals surface area (Å²) in [7, 11) is 1.48. The van der Waals surface area contributed by atoms with Crippen LogP contribution in [0.4, 0.5) is 17.6 Å². The number of carbonyl (C=O) groups excluding carboxylic acids is 1. The summed E-state index contributed by atoms with van der Waals surface area (Å²) in [5.41, 5.74) is -1.39. The Bertz CT molecular complexity index is 685. The quantitative estimate of drug-likeness (QED) is 0.588. The molecule has 1 amide bonds. The van der Waals surface area contributed by atoms with Crippen LogP contribution in [-0.2, 0) is 11.3 Å². The van der Waals surface area contributed by atoms with Crippen LogP contribution in [-0.4, -0.2) is 35.9 Å². The van der Waals surface area contributed by atoms with Gasteiger partial charge < -0.3 is 14.5 Å². The number of methoxy groups -OCH3 is 1. The zero-order valence-electron chi connectivity index (χ0n) is 12.6. The molecule has 2 aromatic rings. The first kappa shape index (κ1) is 18.0. The van der Waals surface area contributed by atoms with Crippen molar-refractivity contribution >= 4 is 5.91 Å². The second-order valence-corrected chi connectivity index (χ2v) is 4.77. The van der Waals surface area contributed by atoms with Gasteiger partial charge in [-0.3, -0.25) is 9.48 Å². The largest absolute Gasteiger partial charge is 0.454 e. The molecule has 0 bridgehead atoms. The first-order valence-electron chi connectivity index (χ1n) is 6.92. The van der Waals surface area contributed by atoms with Crippen LogP contribution in [0.5, 0.6) is 0 Å². The molecule has 10 heteroatoms. The highest BCUT2D eigenvalue weighted by molar-refractivity contribution is 5.91. The molecule has 1 N–H and O–H groups in total. The van der Waals surface area contributed by atoms with Crippen LogP contribution in [0.25, 0.3) is 0 Å². The molecule has 0 aliphatic rings. The molecule has 2 aromatic heterocycles. The molecule has 132 valence electrons. The summed E-state index contributed by atoms with van der Waals surface area (Å²) in [6, 6.07) is 3.40. The smallest absolute Gasteiger partial charge is 0.287 e. The molecule has 6 nitrogen and oxygen atoms in total. The van der Waals surface area contributed by atoms with Crippen molar-refractivity contribution in [2.45, 2.75) is 19.4 Å².